The van der Waals surface area contributed by atoms with Gasteiger partial charge in [-0.1, -0.05) is 56.3 Å². The number of urea groups is 1. The highest BCUT2D eigenvalue weighted by molar-refractivity contribution is 5.87. The number of carbonyl (C=O) groups is 3. The van der Waals surface area contributed by atoms with E-state index in [1.807, 2.05) is 44.2 Å². The fourth-order valence-corrected chi connectivity index (χ4v) is 5.68. The van der Waals surface area contributed by atoms with Crippen LogP contribution in [0.15, 0.2) is 54.6 Å². The van der Waals surface area contributed by atoms with Crippen LogP contribution in [0.5, 0.6) is 0 Å². The van der Waals surface area contributed by atoms with Crippen LogP contribution >= 0.6 is 0 Å². The van der Waals surface area contributed by atoms with E-state index in [2.05, 4.69) is 10.7 Å². The van der Waals surface area contributed by atoms with Crippen LogP contribution in [0.1, 0.15) is 44.2 Å². The number of hydrogen-bond donors (Lipinski definition) is 2. The largest absolute Gasteiger partial charge is 0.356 e. The number of hydrogen-bond acceptors (Lipinski definition) is 4. The highest BCUT2D eigenvalue weighted by Crippen LogP contribution is 2.41. The number of hydrazine groups is 1. The van der Waals surface area contributed by atoms with Crippen LogP contribution in [0.2, 0.25) is 0 Å². The topological polar surface area (TPSA) is 85.0 Å². The molecule has 3 aliphatic rings. The molecule has 2 aromatic carbocycles. The summed E-state index contributed by atoms with van der Waals surface area (Å²) in [6.45, 7) is 5.21. The van der Waals surface area contributed by atoms with Crippen LogP contribution in [-0.4, -0.2) is 51.5 Å². The molecule has 0 aromatic heterocycles. The minimum Gasteiger partial charge on any atom is -0.356 e. The van der Waals surface area contributed by atoms with Crippen LogP contribution in [0.25, 0.3) is 0 Å². The van der Waals surface area contributed by atoms with Crippen molar-refractivity contribution in [1.29, 1.82) is 0 Å². The standard InChI is InChI=1S/C28H34FN5O3/c1-18(2)15-30-25(35)21-11-12-23-24(14-21)34-27(32(26(23)36)16-19-7-4-3-5-8-19)31-33(28(34)37)17-20-9-6-10-22(29)13-20/h3-10,13,18,21,23-24,27,31H,11-12,14-17H2,1-2H3,(H,30,35). The van der Waals surface area contributed by atoms with Crippen molar-refractivity contribution < 1.29 is 18.8 Å². The number of carbonyl (C=O) groups excluding carboxylic acids is 3. The maximum atomic E-state index is 13.8. The second-order valence-electron chi connectivity index (χ2n) is 10.7. The number of fused-ring (bicyclic) bond motifs is 3. The zero-order valence-electron chi connectivity index (χ0n) is 21.3. The lowest BCUT2D eigenvalue weighted by Crippen LogP contribution is -2.66. The van der Waals surface area contributed by atoms with Crippen molar-refractivity contribution in [2.24, 2.45) is 17.8 Å². The quantitative estimate of drug-likeness (QED) is 0.601. The van der Waals surface area contributed by atoms with Gasteiger partial charge in [0.25, 0.3) is 0 Å². The van der Waals surface area contributed by atoms with Gasteiger partial charge in [0, 0.05) is 25.0 Å². The van der Waals surface area contributed by atoms with Gasteiger partial charge in [0.15, 0.2) is 6.29 Å². The molecule has 2 heterocycles. The third kappa shape index (κ3) is 5.18. The van der Waals surface area contributed by atoms with E-state index < -0.39 is 6.29 Å². The van der Waals surface area contributed by atoms with Gasteiger partial charge in [0.2, 0.25) is 11.8 Å². The van der Waals surface area contributed by atoms with Gasteiger partial charge in [-0.2, -0.15) is 5.43 Å². The highest BCUT2D eigenvalue weighted by atomic mass is 19.1. The van der Waals surface area contributed by atoms with Crippen LogP contribution < -0.4 is 10.7 Å². The summed E-state index contributed by atoms with van der Waals surface area (Å²) in [6, 6.07) is 15.2. The van der Waals surface area contributed by atoms with E-state index in [0.29, 0.717) is 43.8 Å². The molecule has 4 unspecified atom stereocenters. The highest BCUT2D eigenvalue weighted by Gasteiger charge is 2.56. The minimum absolute atomic E-state index is 0.0101. The molecule has 3 fully saturated rings. The van der Waals surface area contributed by atoms with Gasteiger partial charge in [0.1, 0.15) is 5.82 Å². The average molecular weight is 508 g/mol. The molecule has 0 radical (unpaired) electrons. The van der Waals surface area contributed by atoms with Crippen molar-refractivity contribution in [2.45, 2.75) is 58.5 Å². The Balaban J connectivity index is 1.41. The first-order valence-corrected chi connectivity index (χ1v) is 13.0. The van der Waals surface area contributed by atoms with Gasteiger partial charge in [0.05, 0.1) is 12.5 Å². The van der Waals surface area contributed by atoms with Gasteiger partial charge in [-0.05, 0) is 48.4 Å². The summed E-state index contributed by atoms with van der Waals surface area (Å²) < 4.78 is 13.8. The summed E-state index contributed by atoms with van der Waals surface area (Å²) in [5.74, 6) is -0.671. The third-order valence-corrected chi connectivity index (χ3v) is 7.54. The van der Waals surface area contributed by atoms with E-state index in [9.17, 15) is 18.8 Å². The molecule has 0 bridgehead atoms. The van der Waals surface area contributed by atoms with Crippen molar-refractivity contribution in [2.75, 3.05) is 6.54 Å². The van der Waals surface area contributed by atoms with Crippen LogP contribution in [0.4, 0.5) is 9.18 Å². The summed E-state index contributed by atoms with van der Waals surface area (Å²) in [5.41, 5.74) is 4.83. The molecule has 4 atom stereocenters. The van der Waals surface area contributed by atoms with Crippen LogP contribution in [-0.2, 0) is 22.7 Å². The Morgan fingerprint density at radius 3 is 2.54 bits per heavy atom. The number of nitrogens with zero attached hydrogens (tertiary/aromatic N) is 3. The number of amides is 4. The van der Waals surface area contributed by atoms with E-state index in [1.54, 1.807) is 21.9 Å². The van der Waals surface area contributed by atoms with Gasteiger partial charge in [-0.25, -0.2) is 9.18 Å². The molecule has 5 rings (SSSR count). The smallest absolute Gasteiger partial charge is 0.337 e. The second-order valence-corrected chi connectivity index (χ2v) is 10.7. The predicted molar refractivity (Wildman–Crippen MR) is 136 cm³/mol. The fraction of sp³-hybridized carbons (Fsp3) is 0.464. The lowest BCUT2D eigenvalue weighted by Gasteiger charge is -2.49. The SMILES string of the molecule is CC(C)CNC(=O)C1CCC2C(=O)N(Cc3ccccc3)C3NN(Cc4cccc(F)c4)C(=O)N3C2C1. The Kier molecular flexibility index (Phi) is 7.15. The Bertz CT molecular complexity index is 1160. The van der Waals surface area contributed by atoms with Crippen molar-refractivity contribution in [1.82, 2.24) is 25.6 Å². The Labute approximate surface area is 216 Å². The van der Waals surface area contributed by atoms with Crippen molar-refractivity contribution in [3.8, 4) is 0 Å². The molecule has 37 heavy (non-hydrogen) atoms. The number of nitrogens with one attached hydrogen (secondary N) is 2. The molecule has 9 heteroatoms. The molecular formula is C28H34FN5O3. The molecule has 1 saturated carbocycles. The second kappa shape index (κ2) is 10.5. The van der Waals surface area contributed by atoms with Gasteiger partial charge in [-0.3, -0.25) is 19.5 Å². The molecular weight excluding hydrogens is 473 g/mol. The summed E-state index contributed by atoms with van der Waals surface area (Å²) in [7, 11) is 0. The van der Waals surface area contributed by atoms with Crippen LogP contribution in [0.3, 0.4) is 0 Å². The fourth-order valence-electron chi connectivity index (χ4n) is 5.68. The first-order valence-electron chi connectivity index (χ1n) is 13.0. The normalized spacial score (nSPS) is 25.4. The molecule has 196 valence electrons. The first kappa shape index (κ1) is 25.2. The molecule has 4 amide bonds. The summed E-state index contributed by atoms with van der Waals surface area (Å²) in [5, 5.41) is 4.47. The summed E-state index contributed by atoms with van der Waals surface area (Å²) in [6.07, 6.45) is 0.933. The maximum Gasteiger partial charge on any atom is 0.337 e. The Hall–Kier alpha value is -3.46. The predicted octanol–water partition coefficient (Wildman–Crippen LogP) is 3.45. The molecule has 1 aliphatic carbocycles. The summed E-state index contributed by atoms with van der Waals surface area (Å²) >= 11 is 0. The van der Waals surface area contributed by atoms with Gasteiger partial charge >= 0.3 is 6.03 Å². The maximum absolute atomic E-state index is 13.8. The molecule has 2 aliphatic heterocycles. The van der Waals surface area contributed by atoms with Crippen molar-refractivity contribution in [3.63, 3.8) is 0 Å². The van der Waals surface area contributed by atoms with E-state index in [0.717, 1.165) is 5.56 Å². The van der Waals surface area contributed by atoms with Crippen molar-refractivity contribution >= 4 is 17.8 Å². The first-order chi connectivity index (χ1) is 17.8. The minimum atomic E-state index is -0.674. The molecule has 2 N–H and O–H groups in total. The zero-order valence-corrected chi connectivity index (χ0v) is 21.3. The average Bonchev–Trinajstić information content (AvgIpc) is 3.21. The lowest BCUT2D eigenvalue weighted by atomic mass is 9.75. The molecule has 0 spiro atoms. The van der Waals surface area contributed by atoms with E-state index in [-0.39, 0.29) is 48.1 Å². The van der Waals surface area contributed by atoms with Gasteiger partial charge < -0.3 is 10.2 Å². The Morgan fingerprint density at radius 1 is 1.05 bits per heavy atom. The number of rotatable bonds is 7. The molecule has 2 aromatic rings. The van der Waals surface area contributed by atoms with E-state index in [1.165, 1.54) is 17.1 Å². The Morgan fingerprint density at radius 2 is 1.81 bits per heavy atom. The van der Waals surface area contributed by atoms with E-state index in [4.69, 9.17) is 0 Å². The number of halogens is 1. The number of benzene rings is 2. The third-order valence-electron chi connectivity index (χ3n) is 7.54. The molecule has 8 nitrogen and oxygen atoms in total. The van der Waals surface area contributed by atoms with Crippen LogP contribution in [0, 0.1) is 23.6 Å². The van der Waals surface area contributed by atoms with Gasteiger partial charge in [-0.15, -0.1) is 0 Å². The lowest BCUT2D eigenvalue weighted by molar-refractivity contribution is -0.159. The monoisotopic (exact) mass is 507 g/mol. The zero-order chi connectivity index (χ0) is 26.1. The van der Waals surface area contributed by atoms with E-state index >= 15 is 0 Å². The summed E-state index contributed by atoms with van der Waals surface area (Å²) in [4.78, 5) is 43.9. The molecule has 2 saturated heterocycles. The van der Waals surface area contributed by atoms with Crippen molar-refractivity contribution in [3.05, 3.63) is 71.5 Å².